The minimum Gasteiger partial charge on any atom is -0.0991 e. The number of rotatable bonds is 7. The predicted octanol–water partition coefficient (Wildman–Crippen LogP) is 6.08. The molecule has 1 atom stereocenters. The maximum Gasteiger partial charge on any atom is -0.0203 e. The van der Waals surface area contributed by atoms with E-state index < -0.39 is 0 Å². The highest BCUT2D eigenvalue weighted by atomic mass is 14.1. The van der Waals surface area contributed by atoms with Crippen LogP contribution in [0.5, 0.6) is 0 Å². The van der Waals surface area contributed by atoms with Crippen LogP contribution in [0.25, 0.3) is 0 Å². The van der Waals surface area contributed by atoms with E-state index in [-0.39, 0.29) is 0 Å². The first-order valence-electron chi connectivity index (χ1n) is 6.66. The summed E-state index contributed by atoms with van der Waals surface area (Å²) in [5.74, 6) is 0.790. The molecule has 0 aliphatic carbocycles. The third-order valence-corrected chi connectivity index (χ3v) is 2.74. The molecule has 0 aliphatic rings. The minimum atomic E-state index is 0.790. The molecule has 0 aliphatic heterocycles. The number of hydrogen-bond donors (Lipinski definition) is 0. The average molecular weight is 234 g/mol. The summed E-state index contributed by atoms with van der Waals surface area (Å²) >= 11 is 0. The zero-order chi connectivity index (χ0) is 13.7. The fourth-order valence-corrected chi connectivity index (χ4v) is 1.69. The van der Waals surface area contributed by atoms with Crippen LogP contribution in [0, 0.1) is 5.92 Å². The Hall–Kier alpha value is -1.04. The van der Waals surface area contributed by atoms with Crippen molar-refractivity contribution >= 4 is 0 Å². The summed E-state index contributed by atoms with van der Waals surface area (Å²) in [6, 6.07) is 0. The van der Waals surface area contributed by atoms with Crippen molar-refractivity contribution in [3.8, 4) is 0 Å². The maximum absolute atomic E-state index is 3.75. The molecule has 0 radical (unpaired) electrons. The fraction of sp³-hybridized carbons (Fsp3) is 0.529. The lowest BCUT2D eigenvalue weighted by molar-refractivity contribution is 0.522. The molecule has 0 aromatic heterocycles. The first kappa shape index (κ1) is 18.3. The van der Waals surface area contributed by atoms with E-state index in [1.54, 1.807) is 11.6 Å². The Morgan fingerprint density at radius 2 is 1.71 bits per heavy atom. The van der Waals surface area contributed by atoms with Gasteiger partial charge in [0.1, 0.15) is 0 Å². The van der Waals surface area contributed by atoms with Gasteiger partial charge in [-0.1, -0.05) is 76.3 Å². The van der Waals surface area contributed by atoms with Gasteiger partial charge in [0.15, 0.2) is 0 Å². The predicted molar refractivity (Wildman–Crippen MR) is 82.3 cm³/mol. The van der Waals surface area contributed by atoms with E-state index in [4.69, 9.17) is 0 Å². The lowest BCUT2D eigenvalue weighted by atomic mass is 9.90. The SMILES string of the molecule is C=CC(=C)C.C=CC=C(CC)C(CC)CCC. The molecular formula is C17H30. The van der Waals surface area contributed by atoms with E-state index in [1.807, 2.05) is 13.0 Å². The van der Waals surface area contributed by atoms with Crippen molar-refractivity contribution in [2.75, 3.05) is 0 Å². The first-order chi connectivity index (χ1) is 8.06. The van der Waals surface area contributed by atoms with Gasteiger partial charge in [0, 0.05) is 0 Å². The molecular weight excluding hydrogens is 204 g/mol. The van der Waals surface area contributed by atoms with Gasteiger partial charge in [0.25, 0.3) is 0 Å². The lowest BCUT2D eigenvalue weighted by Gasteiger charge is -2.16. The van der Waals surface area contributed by atoms with Crippen LogP contribution >= 0.6 is 0 Å². The molecule has 0 rings (SSSR count). The summed E-state index contributed by atoms with van der Waals surface area (Å²) in [6.07, 6.45) is 10.9. The third-order valence-electron chi connectivity index (χ3n) is 2.74. The number of allylic oxidation sites excluding steroid dienone is 5. The molecule has 0 heterocycles. The number of hydrogen-bond acceptors (Lipinski definition) is 0. The van der Waals surface area contributed by atoms with Gasteiger partial charge in [-0.15, -0.1) is 0 Å². The normalized spacial score (nSPS) is 12.1. The van der Waals surface area contributed by atoms with E-state index in [0.29, 0.717) is 0 Å². The largest absolute Gasteiger partial charge is 0.0991 e. The molecule has 0 nitrogen and oxygen atoms in total. The maximum atomic E-state index is 3.75. The summed E-state index contributed by atoms with van der Waals surface area (Å²) < 4.78 is 0. The molecule has 0 saturated carbocycles. The van der Waals surface area contributed by atoms with Gasteiger partial charge < -0.3 is 0 Å². The Labute approximate surface area is 109 Å². The molecule has 0 heteroatoms. The molecule has 0 amide bonds. The Balaban J connectivity index is 0. The molecule has 0 saturated heterocycles. The monoisotopic (exact) mass is 234 g/mol. The van der Waals surface area contributed by atoms with Crippen LogP contribution in [0.4, 0.5) is 0 Å². The van der Waals surface area contributed by atoms with Crippen molar-refractivity contribution in [2.24, 2.45) is 5.92 Å². The van der Waals surface area contributed by atoms with E-state index in [9.17, 15) is 0 Å². The topological polar surface area (TPSA) is 0 Å². The van der Waals surface area contributed by atoms with Gasteiger partial charge in [-0.25, -0.2) is 0 Å². The van der Waals surface area contributed by atoms with Gasteiger partial charge in [-0.2, -0.15) is 0 Å². The summed E-state index contributed by atoms with van der Waals surface area (Å²) in [6.45, 7) is 19.4. The third kappa shape index (κ3) is 11.2. The Morgan fingerprint density at radius 1 is 1.18 bits per heavy atom. The van der Waals surface area contributed by atoms with Gasteiger partial charge >= 0.3 is 0 Å². The zero-order valence-electron chi connectivity index (χ0n) is 12.3. The van der Waals surface area contributed by atoms with E-state index in [1.165, 1.54) is 25.7 Å². The van der Waals surface area contributed by atoms with Crippen LogP contribution in [0.1, 0.15) is 53.4 Å². The molecule has 0 N–H and O–H groups in total. The van der Waals surface area contributed by atoms with Gasteiger partial charge in [0.2, 0.25) is 0 Å². The van der Waals surface area contributed by atoms with Crippen molar-refractivity contribution in [3.05, 3.63) is 49.1 Å². The van der Waals surface area contributed by atoms with Crippen LogP contribution < -0.4 is 0 Å². The molecule has 0 bridgehead atoms. The van der Waals surface area contributed by atoms with E-state index in [2.05, 4.69) is 46.6 Å². The molecule has 0 aromatic carbocycles. The summed E-state index contributed by atoms with van der Waals surface area (Å²) in [7, 11) is 0. The van der Waals surface area contributed by atoms with Crippen molar-refractivity contribution in [2.45, 2.75) is 53.4 Å². The standard InChI is InChI=1S/C12H22.C5H8/c1-5-9-11(7-3)12(8-4)10-6-2;1-4-5(2)3/h5,9,12H,1,6-8,10H2,2-4H3;4H,1-2H2,3H3. The van der Waals surface area contributed by atoms with Crippen molar-refractivity contribution in [3.63, 3.8) is 0 Å². The Morgan fingerprint density at radius 3 is 1.94 bits per heavy atom. The van der Waals surface area contributed by atoms with Crippen LogP contribution in [0.15, 0.2) is 49.1 Å². The second kappa shape index (κ2) is 13.0. The Bertz CT molecular complexity index is 243. The van der Waals surface area contributed by atoms with Gasteiger partial charge in [-0.05, 0) is 32.1 Å². The Kier molecular flexibility index (Phi) is 14.0. The molecule has 0 fully saturated rings. The lowest BCUT2D eigenvalue weighted by Crippen LogP contribution is -2.01. The second-order valence-electron chi connectivity index (χ2n) is 4.28. The summed E-state index contributed by atoms with van der Waals surface area (Å²) in [4.78, 5) is 0. The van der Waals surface area contributed by atoms with Crippen LogP contribution in [-0.4, -0.2) is 0 Å². The fourth-order valence-electron chi connectivity index (χ4n) is 1.69. The second-order valence-corrected chi connectivity index (χ2v) is 4.28. The molecule has 1 unspecified atom stereocenters. The highest BCUT2D eigenvalue weighted by molar-refractivity contribution is 5.13. The van der Waals surface area contributed by atoms with Gasteiger partial charge in [-0.3, -0.25) is 0 Å². The van der Waals surface area contributed by atoms with Crippen molar-refractivity contribution in [1.82, 2.24) is 0 Å². The minimum absolute atomic E-state index is 0.790. The van der Waals surface area contributed by atoms with Crippen LogP contribution in [0.3, 0.4) is 0 Å². The summed E-state index contributed by atoms with van der Waals surface area (Å²) in [5.41, 5.74) is 2.58. The van der Waals surface area contributed by atoms with E-state index in [0.717, 1.165) is 11.5 Å². The smallest absolute Gasteiger partial charge is 0.0203 e. The zero-order valence-corrected chi connectivity index (χ0v) is 12.3. The van der Waals surface area contributed by atoms with Crippen molar-refractivity contribution in [1.29, 1.82) is 0 Å². The molecule has 98 valence electrons. The highest BCUT2D eigenvalue weighted by Gasteiger charge is 2.08. The average Bonchev–Trinajstić information content (AvgIpc) is 2.34. The highest BCUT2D eigenvalue weighted by Crippen LogP contribution is 2.23. The molecule has 17 heavy (non-hydrogen) atoms. The first-order valence-corrected chi connectivity index (χ1v) is 6.66. The summed E-state index contributed by atoms with van der Waals surface area (Å²) in [5, 5.41) is 0. The quantitative estimate of drug-likeness (QED) is 0.468. The van der Waals surface area contributed by atoms with E-state index >= 15 is 0 Å². The van der Waals surface area contributed by atoms with Crippen LogP contribution in [0.2, 0.25) is 0 Å². The van der Waals surface area contributed by atoms with Crippen LogP contribution in [-0.2, 0) is 0 Å². The molecule has 0 aromatic rings. The van der Waals surface area contributed by atoms with Crippen molar-refractivity contribution < 1.29 is 0 Å². The molecule has 0 spiro atoms. The van der Waals surface area contributed by atoms with Gasteiger partial charge in [0.05, 0.1) is 0 Å².